The van der Waals surface area contributed by atoms with E-state index in [1.807, 2.05) is 18.2 Å². The first-order chi connectivity index (χ1) is 16.0. The van der Waals surface area contributed by atoms with Crippen molar-refractivity contribution in [3.8, 4) is 11.3 Å². The van der Waals surface area contributed by atoms with Crippen molar-refractivity contribution >= 4 is 22.4 Å². The third-order valence-electron chi connectivity index (χ3n) is 6.56. The highest BCUT2D eigenvalue weighted by atomic mass is 19.4. The van der Waals surface area contributed by atoms with E-state index in [1.54, 1.807) is 18.3 Å². The SMILES string of the molecule is FC(F)(F)C(Nc1ccc(-c2cc3c(N4CCOCC4)nccc3[nH]2)cc1)C1CCNCC1. The Labute approximate surface area is 190 Å². The number of fused-ring (bicyclic) bond motifs is 1. The van der Waals surface area contributed by atoms with Crippen LogP contribution in [0.15, 0.2) is 42.6 Å². The summed E-state index contributed by atoms with van der Waals surface area (Å²) in [5, 5.41) is 6.92. The van der Waals surface area contributed by atoms with Crippen LogP contribution in [0.5, 0.6) is 0 Å². The summed E-state index contributed by atoms with van der Waals surface area (Å²) in [7, 11) is 0. The number of nitrogens with one attached hydrogen (secondary N) is 3. The van der Waals surface area contributed by atoms with Crippen molar-refractivity contribution in [3.05, 3.63) is 42.6 Å². The minimum absolute atomic E-state index is 0.425. The Morgan fingerprint density at radius 2 is 1.79 bits per heavy atom. The van der Waals surface area contributed by atoms with Crippen molar-refractivity contribution in [2.75, 3.05) is 49.6 Å². The molecule has 1 aromatic carbocycles. The first-order valence-corrected chi connectivity index (χ1v) is 11.4. The van der Waals surface area contributed by atoms with Gasteiger partial charge in [0.1, 0.15) is 11.9 Å². The van der Waals surface area contributed by atoms with Crippen molar-refractivity contribution in [2.45, 2.75) is 25.1 Å². The van der Waals surface area contributed by atoms with Crippen molar-refractivity contribution in [1.29, 1.82) is 0 Å². The summed E-state index contributed by atoms with van der Waals surface area (Å²) in [6.45, 7) is 4.20. The van der Waals surface area contributed by atoms with Gasteiger partial charge in [0, 0.05) is 36.1 Å². The molecule has 5 rings (SSSR count). The summed E-state index contributed by atoms with van der Waals surface area (Å²) in [4.78, 5) is 10.2. The number of rotatable bonds is 5. The normalized spacial score (nSPS) is 19.1. The molecular formula is C24H28F3N5O. The van der Waals surface area contributed by atoms with E-state index >= 15 is 0 Å². The molecule has 0 bridgehead atoms. The number of hydrogen-bond acceptors (Lipinski definition) is 5. The number of aromatic amines is 1. The second-order valence-corrected chi connectivity index (χ2v) is 8.71. The fourth-order valence-electron chi connectivity index (χ4n) is 4.79. The van der Waals surface area contributed by atoms with Crippen LogP contribution in [0.25, 0.3) is 22.2 Å². The van der Waals surface area contributed by atoms with Gasteiger partial charge in [0.15, 0.2) is 0 Å². The Kier molecular flexibility index (Phi) is 6.16. The lowest BCUT2D eigenvalue weighted by molar-refractivity contribution is -0.155. The standard InChI is InChI=1S/C24H28F3N5O/c25-24(26,27)22(17-5-8-28-9-6-17)30-18-3-1-16(2-4-18)21-15-19-20(31-21)7-10-29-23(19)32-11-13-33-14-12-32/h1-4,7,10,15,17,22,28,30-31H,5-6,8-9,11-14H2. The van der Waals surface area contributed by atoms with Gasteiger partial charge in [-0.3, -0.25) is 0 Å². The highest BCUT2D eigenvalue weighted by Gasteiger charge is 2.44. The van der Waals surface area contributed by atoms with Gasteiger partial charge < -0.3 is 25.3 Å². The summed E-state index contributed by atoms with van der Waals surface area (Å²) < 4.78 is 46.7. The Balaban J connectivity index is 1.36. The minimum atomic E-state index is -4.29. The van der Waals surface area contributed by atoms with Crippen LogP contribution in [0, 0.1) is 5.92 Å². The molecule has 0 amide bonds. The van der Waals surface area contributed by atoms with Crippen LogP contribution in [-0.2, 0) is 4.74 Å². The quantitative estimate of drug-likeness (QED) is 0.528. The lowest BCUT2D eigenvalue weighted by atomic mass is 9.89. The largest absolute Gasteiger partial charge is 0.408 e. The number of hydrogen-bond donors (Lipinski definition) is 3. The van der Waals surface area contributed by atoms with Crippen LogP contribution < -0.4 is 15.5 Å². The number of morpholine rings is 1. The third-order valence-corrected chi connectivity index (χ3v) is 6.56. The molecule has 1 unspecified atom stereocenters. The summed E-state index contributed by atoms with van der Waals surface area (Å²) >= 11 is 0. The molecule has 2 aliphatic heterocycles. The summed E-state index contributed by atoms with van der Waals surface area (Å²) in [5.74, 6) is 0.498. The zero-order valence-electron chi connectivity index (χ0n) is 18.3. The number of aromatic nitrogens is 2. The second-order valence-electron chi connectivity index (χ2n) is 8.71. The number of H-pyrrole nitrogens is 1. The molecule has 6 nitrogen and oxygen atoms in total. The molecule has 176 valence electrons. The molecule has 3 aromatic rings. The van der Waals surface area contributed by atoms with Crippen molar-refractivity contribution in [1.82, 2.24) is 15.3 Å². The molecule has 33 heavy (non-hydrogen) atoms. The van der Waals surface area contributed by atoms with E-state index in [0.29, 0.717) is 44.8 Å². The van der Waals surface area contributed by atoms with Crippen molar-refractivity contribution in [3.63, 3.8) is 0 Å². The van der Waals surface area contributed by atoms with Gasteiger partial charge in [0.05, 0.1) is 18.7 Å². The van der Waals surface area contributed by atoms with Crippen LogP contribution in [0.4, 0.5) is 24.7 Å². The average molecular weight is 460 g/mol. The van der Waals surface area contributed by atoms with Crippen LogP contribution in [0.2, 0.25) is 0 Å². The van der Waals surface area contributed by atoms with E-state index in [-0.39, 0.29) is 0 Å². The molecule has 2 saturated heterocycles. The average Bonchev–Trinajstić information content (AvgIpc) is 3.28. The maximum atomic E-state index is 13.7. The number of benzene rings is 1. The Morgan fingerprint density at radius 3 is 2.48 bits per heavy atom. The predicted octanol–water partition coefficient (Wildman–Crippen LogP) is 4.41. The van der Waals surface area contributed by atoms with Gasteiger partial charge in [-0.1, -0.05) is 12.1 Å². The van der Waals surface area contributed by atoms with E-state index < -0.39 is 18.1 Å². The smallest absolute Gasteiger partial charge is 0.378 e. The lowest BCUT2D eigenvalue weighted by Crippen LogP contribution is -2.46. The number of piperidine rings is 1. The maximum absolute atomic E-state index is 13.7. The molecule has 9 heteroatoms. The monoisotopic (exact) mass is 459 g/mol. The van der Waals surface area contributed by atoms with E-state index in [0.717, 1.165) is 41.1 Å². The van der Waals surface area contributed by atoms with E-state index in [1.165, 1.54) is 0 Å². The number of ether oxygens (including phenoxy) is 1. The predicted molar refractivity (Wildman–Crippen MR) is 124 cm³/mol. The molecular weight excluding hydrogens is 431 g/mol. The number of pyridine rings is 1. The molecule has 0 aliphatic carbocycles. The minimum Gasteiger partial charge on any atom is -0.378 e. The Morgan fingerprint density at radius 1 is 1.06 bits per heavy atom. The summed E-state index contributed by atoms with van der Waals surface area (Å²) in [5.41, 5.74) is 3.28. The third kappa shape index (κ3) is 4.79. The van der Waals surface area contributed by atoms with Gasteiger partial charge in [-0.2, -0.15) is 13.2 Å². The van der Waals surface area contributed by atoms with Crippen LogP contribution >= 0.6 is 0 Å². The van der Waals surface area contributed by atoms with Gasteiger partial charge in [-0.15, -0.1) is 0 Å². The zero-order chi connectivity index (χ0) is 22.8. The summed E-state index contributed by atoms with van der Waals surface area (Å²) in [6, 6.07) is 9.61. The topological polar surface area (TPSA) is 65.2 Å². The molecule has 1 atom stereocenters. The van der Waals surface area contributed by atoms with E-state index in [9.17, 15) is 13.2 Å². The van der Waals surface area contributed by atoms with Gasteiger partial charge in [0.2, 0.25) is 0 Å². The first kappa shape index (κ1) is 22.0. The molecule has 2 fully saturated rings. The van der Waals surface area contributed by atoms with Crippen LogP contribution in [0.1, 0.15) is 12.8 Å². The van der Waals surface area contributed by atoms with E-state index in [4.69, 9.17) is 4.74 Å². The maximum Gasteiger partial charge on any atom is 0.408 e. The number of halogens is 3. The molecule has 3 N–H and O–H groups in total. The molecule has 4 heterocycles. The molecule has 0 radical (unpaired) electrons. The number of anilines is 2. The van der Waals surface area contributed by atoms with Gasteiger partial charge >= 0.3 is 6.18 Å². The van der Waals surface area contributed by atoms with Crippen molar-refractivity contribution < 1.29 is 17.9 Å². The molecule has 2 aromatic heterocycles. The van der Waals surface area contributed by atoms with Crippen LogP contribution in [0.3, 0.4) is 0 Å². The molecule has 2 aliphatic rings. The zero-order valence-corrected chi connectivity index (χ0v) is 18.3. The Hall–Kier alpha value is -2.78. The molecule has 0 saturated carbocycles. The highest BCUT2D eigenvalue weighted by molar-refractivity contribution is 5.94. The Bertz CT molecular complexity index is 1070. The van der Waals surface area contributed by atoms with Crippen molar-refractivity contribution in [2.24, 2.45) is 5.92 Å². The van der Waals surface area contributed by atoms with Crippen LogP contribution in [-0.4, -0.2) is 61.6 Å². The number of alkyl halides is 3. The van der Waals surface area contributed by atoms with Gasteiger partial charge in [0.25, 0.3) is 0 Å². The van der Waals surface area contributed by atoms with Gasteiger partial charge in [-0.05, 0) is 61.7 Å². The summed E-state index contributed by atoms with van der Waals surface area (Å²) in [6.07, 6.45) is -1.47. The van der Waals surface area contributed by atoms with E-state index in [2.05, 4.69) is 31.6 Å². The van der Waals surface area contributed by atoms with Gasteiger partial charge in [-0.25, -0.2) is 4.98 Å². The highest BCUT2D eigenvalue weighted by Crippen LogP contribution is 2.34. The number of nitrogens with zero attached hydrogens (tertiary/aromatic N) is 2. The fraction of sp³-hybridized carbons (Fsp3) is 0.458. The first-order valence-electron chi connectivity index (χ1n) is 11.4. The lowest BCUT2D eigenvalue weighted by Gasteiger charge is -2.33. The second kappa shape index (κ2) is 9.23. The molecule has 0 spiro atoms. The fourth-order valence-corrected chi connectivity index (χ4v) is 4.79.